The van der Waals surface area contributed by atoms with E-state index in [0.29, 0.717) is 0 Å². The normalized spacial score (nSPS) is 10.4. The van der Waals surface area contributed by atoms with Crippen LogP contribution in [0.25, 0.3) is 11.3 Å². The molecule has 0 radical (unpaired) electrons. The van der Waals surface area contributed by atoms with Gasteiger partial charge in [-0.25, -0.2) is 4.79 Å². The maximum absolute atomic E-state index is 11.0. The third-order valence-electron chi connectivity index (χ3n) is 2.57. The zero-order valence-corrected chi connectivity index (χ0v) is 9.55. The number of benzene rings is 1. The number of hydrogen-bond donors (Lipinski definition) is 2. The van der Waals surface area contributed by atoms with E-state index in [0.717, 1.165) is 28.1 Å². The molecule has 0 aliphatic rings. The van der Waals surface area contributed by atoms with Crippen molar-refractivity contribution in [3.63, 3.8) is 0 Å². The topological polar surface area (TPSA) is 57.9 Å². The molecule has 0 spiro atoms. The van der Waals surface area contributed by atoms with Crippen LogP contribution in [0.2, 0.25) is 0 Å². The summed E-state index contributed by atoms with van der Waals surface area (Å²) in [6.45, 7) is 3.97. The van der Waals surface area contributed by atoms with E-state index in [-0.39, 0.29) is 5.69 Å². The molecule has 4 nitrogen and oxygen atoms in total. The van der Waals surface area contributed by atoms with Gasteiger partial charge < -0.3 is 14.7 Å². The molecule has 16 heavy (non-hydrogen) atoms. The molecule has 0 fully saturated rings. The maximum Gasteiger partial charge on any atom is 0.323 e. The Kier molecular flexibility index (Phi) is 2.56. The largest absolute Gasteiger partial charge is 0.496 e. The van der Waals surface area contributed by atoms with E-state index in [1.807, 2.05) is 26.0 Å². The molecule has 2 aromatic rings. The van der Waals surface area contributed by atoms with Crippen LogP contribution in [0.1, 0.15) is 11.1 Å². The summed E-state index contributed by atoms with van der Waals surface area (Å²) >= 11 is 0. The average molecular weight is 218 g/mol. The fourth-order valence-corrected chi connectivity index (χ4v) is 1.92. The highest BCUT2D eigenvalue weighted by molar-refractivity contribution is 5.63. The lowest BCUT2D eigenvalue weighted by Gasteiger charge is -2.10. The molecule has 0 bridgehead atoms. The predicted molar refractivity (Wildman–Crippen MR) is 62.9 cm³/mol. The molecule has 2 N–H and O–H groups in total. The van der Waals surface area contributed by atoms with Gasteiger partial charge in [0.05, 0.1) is 12.8 Å². The second-order valence-electron chi connectivity index (χ2n) is 3.80. The number of aromatic nitrogens is 2. The van der Waals surface area contributed by atoms with Crippen LogP contribution in [-0.4, -0.2) is 17.1 Å². The summed E-state index contributed by atoms with van der Waals surface area (Å²) in [7, 11) is 1.66. The molecular weight excluding hydrogens is 204 g/mol. The van der Waals surface area contributed by atoms with E-state index in [1.54, 1.807) is 13.3 Å². The Morgan fingerprint density at radius 1 is 1.19 bits per heavy atom. The zero-order chi connectivity index (χ0) is 11.7. The summed E-state index contributed by atoms with van der Waals surface area (Å²) in [6.07, 6.45) is 1.67. The molecule has 0 aliphatic carbocycles. The second-order valence-corrected chi connectivity index (χ2v) is 3.80. The first-order chi connectivity index (χ1) is 7.61. The number of nitrogens with one attached hydrogen (secondary N) is 2. The number of H-pyrrole nitrogens is 2. The molecule has 0 amide bonds. The number of ether oxygens (including phenoxy) is 1. The van der Waals surface area contributed by atoms with E-state index < -0.39 is 0 Å². The van der Waals surface area contributed by atoms with Gasteiger partial charge in [0.1, 0.15) is 5.75 Å². The van der Waals surface area contributed by atoms with Crippen LogP contribution < -0.4 is 10.4 Å². The lowest BCUT2D eigenvalue weighted by Crippen LogP contribution is -2.00. The molecule has 0 saturated heterocycles. The van der Waals surface area contributed by atoms with Gasteiger partial charge in [0.2, 0.25) is 0 Å². The third-order valence-corrected chi connectivity index (χ3v) is 2.57. The number of rotatable bonds is 2. The van der Waals surface area contributed by atoms with Gasteiger partial charge >= 0.3 is 5.69 Å². The van der Waals surface area contributed by atoms with Crippen molar-refractivity contribution in [3.05, 3.63) is 39.9 Å². The highest BCUT2D eigenvalue weighted by Crippen LogP contribution is 2.28. The molecule has 0 unspecified atom stereocenters. The number of aromatic amines is 2. The minimum atomic E-state index is -0.193. The summed E-state index contributed by atoms with van der Waals surface area (Å²) in [5.41, 5.74) is 3.69. The van der Waals surface area contributed by atoms with Crippen molar-refractivity contribution >= 4 is 0 Å². The van der Waals surface area contributed by atoms with Crippen molar-refractivity contribution in [2.24, 2.45) is 0 Å². The van der Waals surface area contributed by atoms with Crippen molar-refractivity contribution in [2.75, 3.05) is 7.11 Å². The fraction of sp³-hybridized carbons (Fsp3) is 0.250. The first-order valence-electron chi connectivity index (χ1n) is 5.05. The average Bonchev–Trinajstić information content (AvgIpc) is 2.64. The number of imidazole rings is 1. The summed E-state index contributed by atoms with van der Waals surface area (Å²) in [5, 5.41) is 0. The Morgan fingerprint density at radius 3 is 2.25 bits per heavy atom. The predicted octanol–water partition coefficient (Wildman–Crippen LogP) is 2.00. The minimum Gasteiger partial charge on any atom is -0.496 e. The highest BCUT2D eigenvalue weighted by Gasteiger charge is 2.07. The van der Waals surface area contributed by atoms with Crippen LogP contribution in [0, 0.1) is 13.8 Å². The van der Waals surface area contributed by atoms with Gasteiger partial charge in [-0.2, -0.15) is 0 Å². The number of aryl methyl sites for hydroxylation is 2. The first-order valence-corrected chi connectivity index (χ1v) is 5.05. The Bertz CT molecular complexity index is 543. The Labute approximate surface area is 93.3 Å². The maximum atomic E-state index is 11.0. The molecule has 0 aliphatic heterocycles. The molecule has 2 rings (SSSR count). The van der Waals surface area contributed by atoms with Crippen molar-refractivity contribution in [1.29, 1.82) is 0 Å². The van der Waals surface area contributed by atoms with E-state index in [9.17, 15) is 4.79 Å². The van der Waals surface area contributed by atoms with Crippen LogP contribution in [0.5, 0.6) is 5.75 Å². The molecule has 0 saturated carbocycles. The van der Waals surface area contributed by atoms with Gasteiger partial charge in [-0.15, -0.1) is 0 Å². The monoisotopic (exact) mass is 218 g/mol. The smallest absolute Gasteiger partial charge is 0.323 e. The Hall–Kier alpha value is -1.97. The van der Waals surface area contributed by atoms with E-state index >= 15 is 0 Å². The van der Waals surface area contributed by atoms with Crippen LogP contribution in [0.15, 0.2) is 23.1 Å². The van der Waals surface area contributed by atoms with Crippen molar-refractivity contribution in [1.82, 2.24) is 9.97 Å². The summed E-state index contributed by atoms with van der Waals surface area (Å²) in [5.74, 6) is 0.890. The second kappa shape index (κ2) is 3.89. The third kappa shape index (κ3) is 1.74. The van der Waals surface area contributed by atoms with E-state index in [2.05, 4.69) is 9.97 Å². The van der Waals surface area contributed by atoms with Gasteiger partial charge in [0, 0.05) is 11.8 Å². The summed E-state index contributed by atoms with van der Waals surface area (Å²) in [6, 6.07) is 3.98. The molecule has 84 valence electrons. The lowest BCUT2D eigenvalue weighted by molar-refractivity contribution is 0.408. The van der Waals surface area contributed by atoms with Crippen LogP contribution >= 0.6 is 0 Å². The van der Waals surface area contributed by atoms with Crippen LogP contribution in [0.4, 0.5) is 0 Å². The van der Waals surface area contributed by atoms with Gasteiger partial charge in [0.25, 0.3) is 0 Å². The summed E-state index contributed by atoms with van der Waals surface area (Å²) < 4.78 is 5.29. The Balaban J connectivity index is 2.56. The SMILES string of the molecule is COc1c(C)cc(-c2c[nH]c(=O)[nH]2)cc1C. The molecule has 1 heterocycles. The fourth-order valence-electron chi connectivity index (χ4n) is 1.92. The number of hydrogen-bond acceptors (Lipinski definition) is 2. The van der Waals surface area contributed by atoms with Crippen molar-refractivity contribution in [2.45, 2.75) is 13.8 Å². The standard InChI is InChI=1S/C12H14N2O2/c1-7-4-9(5-8(2)11(7)16-3)10-6-13-12(15)14-10/h4-6H,1-3H3,(H2,13,14,15). The van der Waals surface area contributed by atoms with Crippen LogP contribution in [-0.2, 0) is 0 Å². The van der Waals surface area contributed by atoms with Gasteiger partial charge in [-0.1, -0.05) is 0 Å². The van der Waals surface area contributed by atoms with Gasteiger partial charge in [0.15, 0.2) is 0 Å². The first kappa shape index (κ1) is 10.5. The van der Waals surface area contributed by atoms with Crippen molar-refractivity contribution < 1.29 is 4.74 Å². The molecule has 0 atom stereocenters. The highest BCUT2D eigenvalue weighted by atomic mass is 16.5. The summed E-state index contributed by atoms with van der Waals surface area (Å²) in [4.78, 5) is 16.3. The van der Waals surface area contributed by atoms with Gasteiger partial charge in [-0.3, -0.25) is 0 Å². The quantitative estimate of drug-likeness (QED) is 0.809. The van der Waals surface area contributed by atoms with Crippen molar-refractivity contribution in [3.8, 4) is 17.0 Å². The molecule has 1 aromatic heterocycles. The Morgan fingerprint density at radius 2 is 1.81 bits per heavy atom. The van der Waals surface area contributed by atoms with Gasteiger partial charge in [-0.05, 0) is 37.1 Å². The number of methoxy groups -OCH3 is 1. The minimum absolute atomic E-state index is 0.193. The molecular formula is C12H14N2O2. The zero-order valence-electron chi connectivity index (χ0n) is 9.55. The van der Waals surface area contributed by atoms with E-state index in [4.69, 9.17) is 4.74 Å². The lowest BCUT2D eigenvalue weighted by atomic mass is 10.0. The van der Waals surface area contributed by atoms with Crippen LogP contribution in [0.3, 0.4) is 0 Å². The molecule has 4 heteroatoms. The van der Waals surface area contributed by atoms with E-state index in [1.165, 1.54) is 0 Å². The molecule has 1 aromatic carbocycles.